The largest absolute Gasteiger partial charge is 0.326 e. The van der Waals surface area contributed by atoms with Crippen molar-refractivity contribution in [1.29, 1.82) is 5.26 Å². The molecule has 1 fully saturated rings. The normalized spacial score (nSPS) is 17.9. The van der Waals surface area contributed by atoms with Gasteiger partial charge in [-0.2, -0.15) is 5.26 Å². The van der Waals surface area contributed by atoms with Gasteiger partial charge in [0, 0.05) is 11.6 Å². The Bertz CT molecular complexity index is 1410. The first-order valence-electron chi connectivity index (χ1n) is 9.97. The van der Waals surface area contributed by atoms with Crippen LogP contribution in [0, 0.1) is 23.1 Å². The predicted octanol–water partition coefficient (Wildman–Crippen LogP) is 7.44. The Balaban J connectivity index is 1.52. The van der Waals surface area contributed by atoms with Crippen LogP contribution in [0.25, 0.3) is 0 Å². The second-order valence-electron chi connectivity index (χ2n) is 7.74. The predicted molar refractivity (Wildman–Crippen MR) is 136 cm³/mol. The molecule has 2 atom stereocenters. The van der Waals surface area contributed by atoms with Gasteiger partial charge in [0.1, 0.15) is 16.2 Å². The zero-order valence-electron chi connectivity index (χ0n) is 17.4. The smallest absolute Gasteiger partial charge is 0.257 e. The molecule has 178 valence electrons. The SMILES string of the molecule is N#Cc1cc(F)ccc1NC(=O)c1cc(NC(=O)[C@@H]2[C@@H](c3ccc(Cl)c(Cl)c3)C2(Cl)Cl)ccc1Cl. The van der Waals surface area contributed by atoms with Gasteiger partial charge in [-0.3, -0.25) is 9.59 Å². The molecule has 11 heteroatoms. The highest BCUT2D eigenvalue weighted by atomic mass is 35.5. The molecule has 0 heterocycles. The zero-order valence-corrected chi connectivity index (χ0v) is 21.2. The molecule has 3 aromatic rings. The lowest BCUT2D eigenvalue weighted by atomic mass is 10.1. The number of nitrogens with one attached hydrogen (secondary N) is 2. The van der Waals surface area contributed by atoms with Crippen LogP contribution in [0.15, 0.2) is 54.6 Å². The maximum atomic E-state index is 13.4. The molecule has 0 radical (unpaired) electrons. The second-order valence-corrected chi connectivity index (χ2v) is 10.4. The second kappa shape index (κ2) is 9.85. The third-order valence-corrected chi connectivity index (χ3v) is 7.48. The highest BCUT2D eigenvalue weighted by Crippen LogP contribution is 2.65. The van der Waals surface area contributed by atoms with E-state index in [9.17, 15) is 19.2 Å². The molecule has 2 N–H and O–H groups in total. The van der Waals surface area contributed by atoms with Crippen molar-refractivity contribution < 1.29 is 14.0 Å². The molecule has 0 bridgehead atoms. The summed E-state index contributed by atoms with van der Waals surface area (Å²) in [7, 11) is 0. The summed E-state index contributed by atoms with van der Waals surface area (Å²) >= 11 is 31.0. The molecular formula is C24H13Cl5FN3O2. The number of carbonyl (C=O) groups is 2. The van der Waals surface area contributed by atoms with Gasteiger partial charge in [-0.25, -0.2) is 4.39 Å². The van der Waals surface area contributed by atoms with E-state index < -0.39 is 33.8 Å². The van der Waals surface area contributed by atoms with Crippen LogP contribution in [0.1, 0.15) is 27.4 Å². The topological polar surface area (TPSA) is 82.0 Å². The number of anilines is 2. The van der Waals surface area contributed by atoms with E-state index in [0.717, 1.165) is 12.1 Å². The van der Waals surface area contributed by atoms with Gasteiger partial charge >= 0.3 is 0 Å². The summed E-state index contributed by atoms with van der Waals surface area (Å²) in [6, 6.07) is 14.4. The van der Waals surface area contributed by atoms with Crippen molar-refractivity contribution in [1.82, 2.24) is 0 Å². The van der Waals surface area contributed by atoms with Gasteiger partial charge in [-0.1, -0.05) is 40.9 Å². The number of hydrogen-bond acceptors (Lipinski definition) is 3. The van der Waals surface area contributed by atoms with Gasteiger partial charge in [0.25, 0.3) is 5.91 Å². The Morgan fingerprint density at radius 3 is 2.31 bits per heavy atom. The number of nitrogens with zero attached hydrogens (tertiary/aromatic N) is 1. The summed E-state index contributed by atoms with van der Waals surface area (Å²) in [5.41, 5.74) is 1.02. The fourth-order valence-corrected chi connectivity index (χ4v) is 5.02. The fraction of sp³-hybridized carbons (Fsp3) is 0.125. The molecule has 1 aliphatic rings. The minimum absolute atomic E-state index is 0.0255. The van der Waals surface area contributed by atoms with E-state index in [2.05, 4.69) is 10.6 Å². The molecule has 1 aliphatic carbocycles. The number of carbonyl (C=O) groups excluding carboxylic acids is 2. The fourth-order valence-electron chi connectivity index (χ4n) is 3.68. The minimum atomic E-state index is -1.36. The first-order valence-corrected chi connectivity index (χ1v) is 11.9. The molecule has 35 heavy (non-hydrogen) atoms. The highest BCUT2D eigenvalue weighted by Gasteiger charge is 2.67. The number of benzene rings is 3. The highest BCUT2D eigenvalue weighted by molar-refractivity contribution is 6.53. The van der Waals surface area contributed by atoms with Crippen LogP contribution in [-0.4, -0.2) is 16.1 Å². The third kappa shape index (κ3) is 5.20. The van der Waals surface area contributed by atoms with E-state index in [-0.39, 0.29) is 27.5 Å². The van der Waals surface area contributed by atoms with Crippen molar-refractivity contribution in [2.75, 3.05) is 10.6 Å². The summed E-state index contributed by atoms with van der Waals surface area (Å²) in [5, 5.41) is 15.2. The van der Waals surface area contributed by atoms with Crippen LogP contribution in [0.3, 0.4) is 0 Å². The molecule has 0 spiro atoms. The summed E-state index contributed by atoms with van der Waals surface area (Å²) in [6.45, 7) is 0. The van der Waals surface area contributed by atoms with Crippen LogP contribution in [0.5, 0.6) is 0 Å². The minimum Gasteiger partial charge on any atom is -0.326 e. The van der Waals surface area contributed by atoms with E-state index in [1.165, 1.54) is 24.3 Å². The van der Waals surface area contributed by atoms with Crippen molar-refractivity contribution in [3.05, 3.63) is 92.2 Å². The van der Waals surface area contributed by atoms with Gasteiger partial charge in [-0.15, -0.1) is 23.2 Å². The monoisotopic (exact) mass is 569 g/mol. The number of nitriles is 1. The number of rotatable bonds is 5. The summed E-state index contributed by atoms with van der Waals surface area (Å²) in [5.74, 6) is -3.04. The molecule has 0 aromatic heterocycles. The molecular weight excluding hydrogens is 559 g/mol. The molecule has 4 rings (SSSR count). The first kappa shape index (κ1) is 25.6. The lowest BCUT2D eigenvalue weighted by Crippen LogP contribution is -2.18. The Kier molecular flexibility index (Phi) is 7.19. The number of amides is 2. The van der Waals surface area contributed by atoms with Gasteiger partial charge in [0.05, 0.1) is 37.8 Å². The molecule has 0 aliphatic heterocycles. The van der Waals surface area contributed by atoms with E-state index in [0.29, 0.717) is 15.6 Å². The molecule has 5 nitrogen and oxygen atoms in total. The molecule has 0 saturated heterocycles. The average Bonchev–Trinajstić information content (AvgIpc) is 3.39. The van der Waals surface area contributed by atoms with Gasteiger partial charge in [-0.05, 0) is 54.1 Å². The maximum absolute atomic E-state index is 13.4. The quantitative estimate of drug-likeness (QED) is 0.313. The summed E-state index contributed by atoms with van der Waals surface area (Å²) in [6.07, 6.45) is 0. The Labute approximate surface area is 224 Å². The average molecular weight is 572 g/mol. The molecule has 2 amide bonds. The van der Waals surface area contributed by atoms with Crippen molar-refractivity contribution in [3.8, 4) is 6.07 Å². The first-order chi connectivity index (χ1) is 16.5. The van der Waals surface area contributed by atoms with Crippen molar-refractivity contribution in [3.63, 3.8) is 0 Å². The number of hydrogen-bond donors (Lipinski definition) is 2. The molecule has 3 aromatic carbocycles. The van der Waals surface area contributed by atoms with E-state index in [4.69, 9.17) is 58.0 Å². The number of alkyl halides is 2. The standard InChI is InChI=1S/C24H13Cl5FN3O2/c25-16-5-3-14(9-15(16)22(34)33-19-6-2-13(30)7-12(19)10-31)32-23(35)21-20(24(21,28)29)11-1-4-17(26)18(27)8-11/h1-9,20-21H,(H,32,35)(H,33,34)/t20-,21+/m1/s1. The third-order valence-electron chi connectivity index (χ3n) is 5.47. The van der Waals surface area contributed by atoms with Crippen LogP contribution >= 0.6 is 58.0 Å². The van der Waals surface area contributed by atoms with Crippen LogP contribution < -0.4 is 10.6 Å². The Morgan fingerprint density at radius 2 is 1.63 bits per heavy atom. The van der Waals surface area contributed by atoms with Crippen LogP contribution in [0.4, 0.5) is 15.8 Å². The molecule has 0 unspecified atom stereocenters. The van der Waals surface area contributed by atoms with Crippen LogP contribution in [-0.2, 0) is 4.79 Å². The van der Waals surface area contributed by atoms with Gasteiger partial charge in [0.2, 0.25) is 5.91 Å². The van der Waals surface area contributed by atoms with E-state index >= 15 is 0 Å². The van der Waals surface area contributed by atoms with Crippen LogP contribution in [0.2, 0.25) is 15.1 Å². The summed E-state index contributed by atoms with van der Waals surface area (Å²) < 4.78 is 12.0. The van der Waals surface area contributed by atoms with Crippen molar-refractivity contribution in [2.45, 2.75) is 10.3 Å². The zero-order chi connectivity index (χ0) is 25.5. The van der Waals surface area contributed by atoms with E-state index in [1.54, 1.807) is 18.2 Å². The lowest BCUT2D eigenvalue weighted by Gasteiger charge is -2.11. The number of halogens is 6. The van der Waals surface area contributed by atoms with Crippen molar-refractivity contribution >= 4 is 81.2 Å². The van der Waals surface area contributed by atoms with E-state index in [1.807, 2.05) is 6.07 Å². The maximum Gasteiger partial charge on any atom is 0.257 e. The lowest BCUT2D eigenvalue weighted by molar-refractivity contribution is -0.117. The van der Waals surface area contributed by atoms with Gasteiger partial charge in [0.15, 0.2) is 0 Å². The molecule has 1 saturated carbocycles. The summed E-state index contributed by atoms with van der Waals surface area (Å²) in [4.78, 5) is 25.7. The van der Waals surface area contributed by atoms with Crippen molar-refractivity contribution in [2.24, 2.45) is 5.92 Å². The Morgan fingerprint density at radius 1 is 0.914 bits per heavy atom. The Hall–Kier alpha value is -2.53. The van der Waals surface area contributed by atoms with Gasteiger partial charge < -0.3 is 10.6 Å².